The highest BCUT2D eigenvalue weighted by Gasteiger charge is 2.20. The number of anilines is 1. The lowest BCUT2D eigenvalue weighted by Crippen LogP contribution is -2.14. The van der Waals surface area contributed by atoms with Crippen molar-refractivity contribution in [2.24, 2.45) is 0 Å². The molecule has 0 aliphatic heterocycles. The minimum Gasteiger partial charge on any atom is -0.495 e. The molecule has 0 fully saturated rings. The van der Waals surface area contributed by atoms with Crippen molar-refractivity contribution in [3.8, 4) is 5.75 Å². The molecule has 3 aromatic rings. The Hall–Kier alpha value is -1.61. The molecule has 9 heteroatoms. The van der Waals surface area contributed by atoms with E-state index < -0.39 is 10.0 Å². The third-order valence-electron chi connectivity index (χ3n) is 3.32. The Kier molecular flexibility index (Phi) is 4.56. The summed E-state index contributed by atoms with van der Waals surface area (Å²) in [4.78, 5) is 11.6. The van der Waals surface area contributed by atoms with Gasteiger partial charge in [-0.05, 0) is 42.8 Å². The molecule has 24 heavy (non-hydrogen) atoms. The normalized spacial score (nSPS) is 11.6. The van der Waals surface area contributed by atoms with Crippen molar-refractivity contribution in [1.29, 1.82) is 0 Å². The van der Waals surface area contributed by atoms with Gasteiger partial charge in [-0.3, -0.25) is 9.52 Å². The first-order valence-electron chi connectivity index (χ1n) is 6.71. The number of aryl methyl sites for hydroxylation is 1. The summed E-state index contributed by atoms with van der Waals surface area (Å²) in [5.74, 6) is 0.363. The first-order valence-corrected chi connectivity index (χ1v) is 10.2. The maximum Gasteiger partial charge on any atom is 0.288 e. The fourth-order valence-electron chi connectivity index (χ4n) is 2.25. The molecular formula is C15H12ClNO4S3. The topological polar surface area (TPSA) is 72.5 Å². The van der Waals surface area contributed by atoms with Crippen LogP contribution in [0.5, 0.6) is 5.75 Å². The van der Waals surface area contributed by atoms with E-state index in [4.69, 9.17) is 16.3 Å². The van der Waals surface area contributed by atoms with E-state index >= 15 is 0 Å². The summed E-state index contributed by atoms with van der Waals surface area (Å²) in [7, 11) is -2.41. The van der Waals surface area contributed by atoms with Crippen LogP contribution in [0.4, 0.5) is 5.69 Å². The van der Waals surface area contributed by atoms with Crippen LogP contribution < -0.4 is 13.5 Å². The fourth-order valence-corrected chi connectivity index (χ4v) is 5.86. The van der Waals surface area contributed by atoms with E-state index in [2.05, 4.69) is 4.72 Å². The molecule has 5 nitrogen and oxygen atoms in total. The van der Waals surface area contributed by atoms with Crippen molar-refractivity contribution < 1.29 is 13.2 Å². The van der Waals surface area contributed by atoms with Crippen molar-refractivity contribution in [3.05, 3.63) is 49.8 Å². The molecule has 3 rings (SSSR count). The molecule has 0 unspecified atom stereocenters. The van der Waals surface area contributed by atoms with Gasteiger partial charge in [0, 0.05) is 9.72 Å². The van der Waals surface area contributed by atoms with Crippen molar-refractivity contribution in [2.45, 2.75) is 11.8 Å². The average Bonchev–Trinajstić information content (AvgIpc) is 2.85. The van der Waals surface area contributed by atoms with Crippen LogP contribution in [0.2, 0.25) is 5.02 Å². The molecule has 1 heterocycles. The second-order valence-electron chi connectivity index (χ2n) is 4.97. The van der Waals surface area contributed by atoms with Crippen LogP contribution in [-0.2, 0) is 10.0 Å². The Morgan fingerprint density at radius 3 is 2.46 bits per heavy atom. The summed E-state index contributed by atoms with van der Waals surface area (Å²) >= 11 is 8.08. The first kappa shape index (κ1) is 17.2. The maximum atomic E-state index is 12.8. The van der Waals surface area contributed by atoms with Crippen LogP contribution in [0, 0.1) is 6.92 Å². The van der Waals surface area contributed by atoms with Crippen molar-refractivity contribution in [2.75, 3.05) is 11.8 Å². The highest BCUT2D eigenvalue weighted by Crippen LogP contribution is 2.32. The maximum absolute atomic E-state index is 12.8. The van der Waals surface area contributed by atoms with Gasteiger partial charge >= 0.3 is 0 Å². The fraction of sp³-hybridized carbons (Fsp3) is 0.133. The Morgan fingerprint density at radius 2 is 1.79 bits per heavy atom. The van der Waals surface area contributed by atoms with Crippen LogP contribution in [0.25, 0.3) is 9.40 Å². The van der Waals surface area contributed by atoms with Crippen molar-refractivity contribution in [3.63, 3.8) is 0 Å². The van der Waals surface area contributed by atoms with E-state index in [1.807, 2.05) is 0 Å². The zero-order valence-corrected chi connectivity index (χ0v) is 15.8. The summed E-state index contributed by atoms with van der Waals surface area (Å²) in [6.07, 6.45) is 0. The summed E-state index contributed by atoms with van der Waals surface area (Å²) in [6, 6.07) is 7.90. The number of benzene rings is 2. The van der Waals surface area contributed by atoms with Gasteiger partial charge in [-0.15, -0.1) is 0 Å². The van der Waals surface area contributed by atoms with Gasteiger partial charge in [-0.25, -0.2) is 8.42 Å². The number of fused-ring (bicyclic) bond motifs is 1. The smallest absolute Gasteiger partial charge is 0.288 e. The summed E-state index contributed by atoms with van der Waals surface area (Å²) < 4.78 is 34.6. The lowest BCUT2D eigenvalue weighted by atomic mass is 10.2. The number of sulfonamides is 1. The largest absolute Gasteiger partial charge is 0.495 e. The van der Waals surface area contributed by atoms with E-state index in [0.29, 0.717) is 21.0 Å². The van der Waals surface area contributed by atoms with Crippen molar-refractivity contribution >= 4 is 59.4 Å². The third-order valence-corrected chi connectivity index (χ3v) is 7.14. The van der Waals surface area contributed by atoms with Gasteiger partial charge in [0.05, 0.1) is 22.4 Å². The van der Waals surface area contributed by atoms with Crippen LogP contribution in [0.3, 0.4) is 0 Å². The number of halogens is 1. The van der Waals surface area contributed by atoms with Gasteiger partial charge in [0.2, 0.25) is 0 Å². The number of methoxy groups -OCH3 is 1. The van der Waals surface area contributed by atoms with E-state index in [0.717, 1.165) is 27.4 Å². The predicted molar refractivity (Wildman–Crippen MR) is 99.5 cm³/mol. The zero-order chi connectivity index (χ0) is 17.5. The molecule has 0 saturated heterocycles. The van der Waals surface area contributed by atoms with Gasteiger partial charge in [0.25, 0.3) is 14.1 Å². The molecule has 2 aromatic carbocycles. The molecule has 0 spiro atoms. The second kappa shape index (κ2) is 6.36. The quantitative estimate of drug-likeness (QED) is 0.714. The molecule has 0 aliphatic rings. The van der Waals surface area contributed by atoms with E-state index in [1.54, 1.807) is 25.1 Å². The molecule has 0 saturated carbocycles. The van der Waals surface area contributed by atoms with Gasteiger partial charge in [0.1, 0.15) is 5.75 Å². The molecule has 0 atom stereocenters. The standard InChI is InChI=1S/C15H12ClNO4S3/c1-8-5-12-13(23-15(18)22-12)7-14(8)24(19,20)17-10-6-9(16)3-4-11(10)21-2/h3-7,17H,1-2H3. The number of rotatable bonds is 4. The number of nitrogens with one attached hydrogen (secondary N) is 1. The van der Waals surface area contributed by atoms with Gasteiger partial charge in [-0.2, -0.15) is 0 Å². The summed E-state index contributed by atoms with van der Waals surface area (Å²) in [5.41, 5.74) is 0.813. The summed E-state index contributed by atoms with van der Waals surface area (Å²) in [6.45, 7) is 1.69. The minimum atomic E-state index is -3.85. The van der Waals surface area contributed by atoms with Crippen LogP contribution in [0.15, 0.2) is 40.0 Å². The second-order valence-corrected chi connectivity index (χ2v) is 9.34. The molecule has 0 radical (unpaired) electrons. The van der Waals surface area contributed by atoms with E-state index in [-0.39, 0.29) is 14.6 Å². The number of ether oxygens (including phenoxy) is 1. The first-order chi connectivity index (χ1) is 11.3. The molecule has 0 aliphatic carbocycles. The Balaban J connectivity index is 2.10. The lowest BCUT2D eigenvalue weighted by molar-refractivity contribution is 0.417. The molecule has 1 N–H and O–H groups in total. The molecule has 0 amide bonds. The van der Waals surface area contributed by atoms with Crippen LogP contribution >= 0.6 is 34.3 Å². The average molecular weight is 402 g/mol. The third kappa shape index (κ3) is 3.27. The van der Waals surface area contributed by atoms with Crippen LogP contribution in [0.1, 0.15) is 5.56 Å². The molecule has 0 bridgehead atoms. The van der Waals surface area contributed by atoms with Gasteiger partial charge in [-0.1, -0.05) is 34.3 Å². The Labute approximate surface area is 151 Å². The van der Waals surface area contributed by atoms with Crippen LogP contribution in [-0.4, -0.2) is 15.5 Å². The SMILES string of the molecule is COc1ccc(Cl)cc1NS(=O)(=O)c1cc2sc(=O)sc2cc1C. The summed E-state index contributed by atoms with van der Waals surface area (Å²) in [5, 5.41) is 0.386. The van der Waals surface area contributed by atoms with Gasteiger partial charge in [0.15, 0.2) is 0 Å². The molecular weight excluding hydrogens is 390 g/mol. The molecule has 1 aromatic heterocycles. The minimum absolute atomic E-state index is 0.0663. The van der Waals surface area contributed by atoms with Crippen molar-refractivity contribution in [1.82, 2.24) is 0 Å². The number of hydrogen-bond acceptors (Lipinski definition) is 6. The van der Waals surface area contributed by atoms with E-state index in [1.165, 1.54) is 19.2 Å². The highest BCUT2D eigenvalue weighted by molar-refractivity contribution is 7.92. The number of hydrogen-bond donors (Lipinski definition) is 1. The highest BCUT2D eigenvalue weighted by atomic mass is 35.5. The lowest BCUT2D eigenvalue weighted by Gasteiger charge is -2.13. The zero-order valence-electron chi connectivity index (χ0n) is 12.6. The van der Waals surface area contributed by atoms with Gasteiger partial charge < -0.3 is 4.74 Å². The Morgan fingerprint density at radius 1 is 1.12 bits per heavy atom. The molecule has 126 valence electrons. The van der Waals surface area contributed by atoms with E-state index in [9.17, 15) is 13.2 Å². The Bertz CT molecular complexity index is 1090. The predicted octanol–water partition coefficient (Wildman–Crippen LogP) is 4.09. The monoisotopic (exact) mass is 401 g/mol.